The fourth-order valence-corrected chi connectivity index (χ4v) is 23.1. The van der Waals surface area contributed by atoms with Gasteiger partial charge < -0.3 is 38.5 Å². The van der Waals surface area contributed by atoms with Crippen molar-refractivity contribution in [2.75, 3.05) is 105 Å². The standard InChI is InChI=1S/C26H24ClN3O4S.C25H22ClN3O4S.C25H29N3O4S.C25H31N3O4S/c1-18-3-6-21(7-4-18)26(31)29-9-11-30(12-10-29)35(32,33)25-15-20(17-28)5-8-24(25)34-23-14-19(2)13-22(27)16-23;1-18-13-21(26)16-22(14-18)33-23-8-7-19(17-27)15-24(23)34(31,32)29-11-9-28(10-12-29)25(30)20-5-3-2-4-6-20;1-18-13-19(2)15-22(14-18)32-23-8-7-20(17-26)16-24(23)33(30,31)28-11-9-27(10-12-28)25(29)21-5-3-4-6-21;1-18-12-19(2)14-21(13-18)32-22-7-6-20(17-26)15-23(22)33(30,31)28-10-8-27(9-11-28)24(29)16-25(3,4)5/h3-8,13-16H,9-12H2,1-2H3;2-8,13-16H,9-12H2,1H3;7-8,13-16,21H,3-6,9-12H2,1-2H3;6-7,12-15H,8-11,16H2,1-5H3. The van der Waals surface area contributed by atoms with Crippen LogP contribution in [0.15, 0.2) is 220 Å². The lowest BCUT2D eigenvalue weighted by Crippen LogP contribution is -2.51. The van der Waals surface area contributed by atoms with Crippen molar-refractivity contribution < 1.29 is 71.8 Å². The van der Waals surface area contributed by atoms with E-state index in [0.29, 0.717) is 76.8 Å². The number of halogens is 2. The summed E-state index contributed by atoms with van der Waals surface area (Å²) in [6.07, 6.45) is 4.44. The number of ether oxygens (including phenoxy) is 4. The van der Waals surface area contributed by atoms with Gasteiger partial charge in [0.05, 0.1) is 46.5 Å². The van der Waals surface area contributed by atoms with Crippen LogP contribution in [0.1, 0.15) is 135 Å². The highest BCUT2D eigenvalue weighted by molar-refractivity contribution is 7.90. The molecule has 28 nitrogen and oxygen atoms in total. The van der Waals surface area contributed by atoms with Crippen LogP contribution >= 0.6 is 23.2 Å². The molecule has 0 spiro atoms. The number of sulfonamides is 4. The molecule has 4 aliphatic heterocycles. The molecule has 15 rings (SSSR count). The van der Waals surface area contributed by atoms with Crippen LogP contribution in [0.2, 0.25) is 10.0 Å². The van der Waals surface area contributed by atoms with Crippen molar-refractivity contribution in [3.8, 4) is 70.3 Å². The Balaban J connectivity index is 0.000000162. The van der Waals surface area contributed by atoms with Crippen molar-refractivity contribution in [2.24, 2.45) is 11.3 Å². The molecule has 4 amide bonds. The molecule has 4 heterocycles. The maximum Gasteiger partial charge on any atom is 0.253 e. The maximum atomic E-state index is 13.6. The second kappa shape index (κ2) is 44.3. The van der Waals surface area contributed by atoms with Gasteiger partial charge in [0.2, 0.25) is 51.9 Å². The van der Waals surface area contributed by atoms with Crippen molar-refractivity contribution in [3.63, 3.8) is 0 Å². The number of amides is 4. The Bertz CT molecular complexity index is 6680. The van der Waals surface area contributed by atoms with Gasteiger partial charge in [0, 0.05) is 138 Å². The first-order valence-corrected chi connectivity index (χ1v) is 50.5. The van der Waals surface area contributed by atoms with Gasteiger partial charge in [-0.15, -0.1) is 0 Å². The number of rotatable bonds is 20. The van der Waals surface area contributed by atoms with Crippen molar-refractivity contribution in [3.05, 3.63) is 283 Å². The highest BCUT2D eigenvalue weighted by atomic mass is 35.5. The Morgan fingerprint density at radius 2 is 0.607 bits per heavy atom. The Labute approximate surface area is 800 Å². The molecule has 10 aromatic rings. The van der Waals surface area contributed by atoms with Gasteiger partial charge in [-0.3, -0.25) is 19.2 Å². The average Bonchev–Trinajstić information content (AvgIpc) is 1.16. The van der Waals surface area contributed by atoms with Crippen LogP contribution < -0.4 is 18.9 Å². The van der Waals surface area contributed by atoms with Gasteiger partial charge in [0.25, 0.3) is 11.8 Å². The van der Waals surface area contributed by atoms with Crippen LogP contribution in [0, 0.1) is 105 Å². The third-order valence-corrected chi connectivity index (χ3v) is 31.1. The molecular weight excluding hydrogens is 1840 g/mol. The minimum atomic E-state index is -4.00. The molecule has 1 saturated carbocycles. The summed E-state index contributed by atoms with van der Waals surface area (Å²) in [6.45, 7) is 23.3. The molecule has 0 atom stereocenters. The number of hydrogen-bond acceptors (Lipinski definition) is 20. The monoisotopic (exact) mass is 1940 g/mol. The first-order chi connectivity index (χ1) is 64.1. The molecule has 0 aromatic heterocycles. The molecular formula is C101H106Cl2N12O16S4. The first kappa shape index (κ1) is 101. The highest BCUT2D eigenvalue weighted by Gasteiger charge is 2.40. The smallest absolute Gasteiger partial charge is 0.253 e. The molecule has 4 saturated heterocycles. The topological polar surface area (TPSA) is 363 Å². The molecule has 10 aromatic carbocycles. The van der Waals surface area contributed by atoms with E-state index in [4.69, 9.17) is 42.1 Å². The number of hydrogen-bond donors (Lipinski definition) is 0. The lowest BCUT2D eigenvalue weighted by Gasteiger charge is -2.35. The minimum absolute atomic E-state index is 0.0312. The summed E-state index contributed by atoms with van der Waals surface area (Å²) in [6, 6.07) is 63.2. The predicted molar refractivity (Wildman–Crippen MR) is 513 cm³/mol. The molecule has 704 valence electrons. The SMILES string of the molecule is Cc1cc(C)cc(Oc2ccc(C#N)cc2S(=O)(=O)N2CCN(C(=O)C3CCCC3)CC2)c1.Cc1cc(C)cc(Oc2ccc(C#N)cc2S(=O)(=O)N2CCN(C(=O)CC(C)(C)C)CC2)c1.Cc1cc(Cl)cc(Oc2ccc(C#N)cc2S(=O)(=O)N2CCN(C(=O)c3ccccc3)CC2)c1.Cc1ccc(C(=O)N2CCN(S(=O)(=O)c3cc(C#N)ccc3Oc3cc(C)cc(Cl)c3)CC2)cc1. The Morgan fingerprint density at radius 1 is 0.333 bits per heavy atom. The second-order valence-electron chi connectivity index (χ2n) is 34.9. The quantitative estimate of drug-likeness (QED) is 0.0684. The number of aryl methyl sites for hydroxylation is 7. The van der Waals surface area contributed by atoms with Gasteiger partial charge in [-0.2, -0.15) is 38.3 Å². The first-order valence-electron chi connectivity index (χ1n) is 44.0. The summed E-state index contributed by atoms with van der Waals surface area (Å²) in [5, 5.41) is 38.3. The average molecular weight is 1940 g/mol. The number of piperazine rings is 4. The molecule has 0 radical (unpaired) electrons. The number of carbonyl (C=O) groups excluding carboxylic acids is 4. The van der Waals surface area contributed by atoms with E-state index in [-0.39, 0.29) is 178 Å². The van der Waals surface area contributed by atoms with E-state index in [1.807, 2.05) is 148 Å². The molecule has 0 unspecified atom stereocenters. The lowest BCUT2D eigenvalue weighted by molar-refractivity contribution is -0.136. The van der Waals surface area contributed by atoms with Crippen LogP contribution in [0.5, 0.6) is 46.0 Å². The number of nitriles is 4. The Hall–Kier alpha value is -12.5. The fourth-order valence-electron chi connectivity index (χ4n) is 16.3. The lowest BCUT2D eigenvalue weighted by atomic mass is 9.91. The number of benzene rings is 10. The van der Waals surface area contributed by atoms with Crippen LogP contribution in [-0.4, -0.2) is 199 Å². The summed E-state index contributed by atoms with van der Waals surface area (Å²) >= 11 is 12.2. The fraction of sp³-hybridized carbons (Fsp3) is 0.327. The van der Waals surface area contributed by atoms with Crippen LogP contribution in [0.3, 0.4) is 0 Å². The van der Waals surface area contributed by atoms with Gasteiger partial charge in [0.15, 0.2) is 0 Å². The van der Waals surface area contributed by atoms with E-state index < -0.39 is 40.1 Å². The minimum Gasteiger partial charge on any atom is -0.456 e. The van der Waals surface area contributed by atoms with E-state index in [0.717, 1.165) is 64.6 Å². The Kier molecular flexibility index (Phi) is 33.3. The summed E-state index contributed by atoms with van der Waals surface area (Å²) in [7, 11) is -15.8. The summed E-state index contributed by atoms with van der Waals surface area (Å²) in [4.78, 5) is 57.3. The predicted octanol–water partition coefficient (Wildman–Crippen LogP) is 17.5. The molecule has 0 N–H and O–H groups in total. The van der Waals surface area contributed by atoms with Gasteiger partial charge in [-0.1, -0.05) is 105 Å². The van der Waals surface area contributed by atoms with E-state index in [2.05, 4.69) is 0 Å². The number of carbonyl (C=O) groups is 4. The van der Waals surface area contributed by atoms with E-state index in [1.54, 1.807) is 105 Å². The van der Waals surface area contributed by atoms with E-state index >= 15 is 0 Å². The zero-order valence-corrected chi connectivity index (χ0v) is 81.5. The third-order valence-electron chi connectivity index (χ3n) is 23.0. The van der Waals surface area contributed by atoms with E-state index in [1.165, 1.54) is 77.9 Å². The van der Waals surface area contributed by atoms with Crippen molar-refractivity contribution >= 4 is 86.9 Å². The molecule has 0 bridgehead atoms. The van der Waals surface area contributed by atoms with Gasteiger partial charge in [-0.25, -0.2) is 33.7 Å². The normalized spacial score (nSPS) is 15.4. The molecule has 135 heavy (non-hydrogen) atoms. The zero-order chi connectivity index (χ0) is 97.4. The Morgan fingerprint density at radius 3 is 0.896 bits per heavy atom. The number of nitrogens with zero attached hydrogens (tertiary/aromatic N) is 12. The van der Waals surface area contributed by atoms with Crippen LogP contribution in [0.4, 0.5) is 0 Å². The van der Waals surface area contributed by atoms with Gasteiger partial charge >= 0.3 is 0 Å². The van der Waals surface area contributed by atoms with Crippen LogP contribution in [-0.2, 0) is 49.7 Å². The molecule has 34 heteroatoms. The van der Waals surface area contributed by atoms with Gasteiger partial charge in [0.1, 0.15) is 65.6 Å². The maximum absolute atomic E-state index is 13.6. The highest BCUT2D eigenvalue weighted by Crippen LogP contribution is 2.40. The largest absolute Gasteiger partial charge is 0.456 e. The summed E-state index contributed by atoms with van der Waals surface area (Å²) in [5.74, 6) is 2.42. The summed E-state index contributed by atoms with van der Waals surface area (Å²) in [5.41, 5.74) is 8.68. The van der Waals surface area contributed by atoms with Gasteiger partial charge in [-0.05, 0) is 258 Å². The van der Waals surface area contributed by atoms with Crippen LogP contribution in [0.25, 0.3) is 0 Å². The van der Waals surface area contributed by atoms with E-state index in [9.17, 15) is 73.9 Å². The van der Waals surface area contributed by atoms with Crippen molar-refractivity contribution in [1.82, 2.24) is 36.8 Å². The zero-order valence-electron chi connectivity index (χ0n) is 76.8. The third kappa shape index (κ3) is 26.1. The molecule has 5 fully saturated rings. The molecule has 1 aliphatic carbocycles. The van der Waals surface area contributed by atoms with Crippen molar-refractivity contribution in [1.29, 1.82) is 21.0 Å². The second-order valence-corrected chi connectivity index (χ2v) is 43.4. The summed E-state index contributed by atoms with van der Waals surface area (Å²) < 4.78 is 138. The molecule has 5 aliphatic rings. The van der Waals surface area contributed by atoms with Crippen molar-refractivity contribution in [2.45, 2.75) is 121 Å².